The predicted molar refractivity (Wildman–Crippen MR) is 119 cm³/mol. The number of esters is 2. The Morgan fingerprint density at radius 1 is 0.412 bits per heavy atom. The molecule has 34 heavy (non-hydrogen) atoms. The summed E-state index contributed by atoms with van der Waals surface area (Å²) in [6.07, 6.45) is 1.55. The molecule has 202 valence electrons. The van der Waals surface area contributed by atoms with Crippen molar-refractivity contribution in [1.82, 2.24) is 0 Å². The van der Waals surface area contributed by atoms with Crippen molar-refractivity contribution in [3.05, 3.63) is 0 Å². The van der Waals surface area contributed by atoms with Gasteiger partial charge in [0, 0.05) is 12.8 Å². The number of aliphatic hydroxyl groups excluding tert-OH is 2. The average molecular weight is 499 g/mol. The second kappa shape index (κ2) is 27.9. The molecule has 0 aliphatic rings. The molecule has 0 rings (SSSR count). The third kappa shape index (κ3) is 26.9. The van der Waals surface area contributed by atoms with Crippen molar-refractivity contribution in [2.45, 2.75) is 25.7 Å². The summed E-state index contributed by atoms with van der Waals surface area (Å²) in [5, 5.41) is 17.1. The Kier molecular flexibility index (Phi) is 26.7. The van der Waals surface area contributed by atoms with Gasteiger partial charge in [-0.15, -0.1) is 0 Å². The highest BCUT2D eigenvalue weighted by Gasteiger charge is 2.06. The summed E-state index contributed by atoms with van der Waals surface area (Å²) in [5.74, 6) is -0.658. The third-order valence-corrected chi connectivity index (χ3v) is 3.95. The van der Waals surface area contributed by atoms with E-state index in [1.165, 1.54) is 0 Å². The lowest BCUT2D eigenvalue weighted by molar-refractivity contribution is -0.147. The van der Waals surface area contributed by atoms with E-state index in [0.29, 0.717) is 78.9 Å². The van der Waals surface area contributed by atoms with Crippen LogP contribution in [0.5, 0.6) is 0 Å². The van der Waals surface area contributed by atoms with Crippen molar-refractivity contribution >= 4 is 11.9 Å². The van der Waals surface area contributed by atoms with Gasteiger partial charge in [0.1, 0.15) is 13.2 Å². The number of hydrogen-bond acceptors (Lipinski definition) is 12. The van der Waals surface area contributed by atoms with Gasteiger partial charge in [0.05, 0.1) is 92.5 Å². The van der Waals surface area contributed by atoms with Crippen LogP contribution in [0.15, 0.2) is 0 Å². The molecule has 12 nitrogen and oxygen atoms in total. The van der Waals surface area contributed by atoms with Gasteiger partial charge in [-0.1, -0.05) is 0 Å². The molecule has 0 amide bonds. The van der Waals surface area contributed by atoms with Crippen molar-refractivity contribution in [1.29, 1.82) is 0 Å². The molecule has 0 aliphatic carbocycles. The van der Waals surface area contributed by atoms with Crippen LogP contribution in [0.3, 0.4) is 0 Å². The zero-order valence-corrected chi connectivity index (χ0v) is 20.1. The van der Waals surface area contributed by atoms with Crippen LogP contribution in [0.4, 0.5) is 0 Å². The minimum atomic E-state index is -0.329. The Bertz CT molecular complexity index is 410. The number of ether oxygens (including phenoxy) is 8. The van der Waals surface area contributed by atoms with Gasteiger partial charge in [-0.3, -0.25) is 9.59 Å². The quantitative estimate of drug-likeness (QED) is 0.113. The van der Waals surface area contributed by atoms with E-state index >= 15 is 0 Å². The molecule has 0 aromatic carbocycles. The third-order valence-electron chi connectivity index (χ3n) is 3.95. The summed E-state index contributed by atoms with van der Waals surface area (Å²) in [6.45, 7) is 4.81. The van der Waals surface area contributed by atoms with E-state index in [1.807, 2.05) is 0 Å². The molecule has 0 radical (unpaired) electrons. The van der Waals surface area contributed by atoms with Crippen molar-refractivity contribution in [2.75, 3.05) is 106 Å². The van der Waals surface area contributed by atoms with Crippen LogP contribution >= 0.6 is 0 Å². The molecule has 2 N–H and O–H groups in total. The topological polar surface area (TPSA) is 148 Å². The first-order valence-electron chi connectivity index (χ1n) is 11.7. The maximum atomic E-state index is 11.6. The normalized spacial score (nSPS) is 11.0. The zero-order chi connectivity index (χ0) is 25.0. The van der Waals surface area contributed by atoms with Crippen LogP contribution in [-0.4, -0.2) is 128 Å². The minimum absolute atomic E-state index is 0.00626. The molecule has 0 aromatic rings. The van der Waals surface area contributed by atoms with Gasteiger partial charge >= 0.3 is 11.9 Å². The van der Waals surface area contributed by atoms with Crippen LogP contribution in [0.25, 0.3) is 0 Å². The Balaban J connectivity index is 3.28. The first kappa shape index (κ1) is 32.6. The summed E-state index contributed by atoms with van der Waals surface area (Å²) in [6, 6.07) is 0. The maximum absolute atomic E-state index is 11.6. The van der Waals surface area contributed by atoms with Gasteiger partial charge in [0.2, 0.25) is 0 Å². The van der Waals surface area contributed by atoms with Crippen molar-refractivity contribution in [2.24, 2.45) is 0 Å². The fourth-order valence-corrected chi connectivity index (χ4v) is 2.32. The zero-order valence-electron chi connectivity index (χ0n) is 20.1. The highest BCUT2D eigenvalue weighted by Crippen LogP contribution is 2.03. The summed E-state index contributed by atoms with van der Waals surface area (Å²) >= 11 is 0. The molecule has 0 spiro atoms. The van der Waals surface area contributed by atoms with Gasteiger partial charge in [0.15, 0.2) is 0 Å². The van der Waals surface area contributed by atoms with Gasteiger partial charge in [-0.2, -0.15) is 0 Å². The lowest BCUT2D eigenvalue weighted by Gasteiger charge is -2.08. The molecular formula is C22H42O12. The van der Waals surface area contributed by atoms with Crippen LogP contribution in [-0.2, 0) is 47.5 Å². The van der Waals surface area contributed by atoms with E-state index in [2.05, 4.69) is 0 Å². The van der Waals surface area contributed by atoms with E-state index in [-0.39, 0.29) is 64.4 Å². The average Bonchev–Trinajstić information content (AvgIpc) is 2.83. The Hall–Kier alpha value is -1.38. The highest BCUT2D eigenvalue weighted by atomic mass is 16.6. The molecule has 12 heteroatoms. The smallest absolute Gasteiger partial charge is 0.305 e. The van der Waals surface area contributed by atoms with E-state index < -0.39 is 0 Å². The largest absolute Gasteiger partial charge is 0.463 e. The van der Waals surface area contributed by atoms with Crippen LogP contribution < -0.4 is 0 Å². The van der Waals surface area contributed by atoms with Crippen molar-refractivity contribution < 1.29 is 57.7 Å². The predicted octanol–water partition coefficient (Wildman–Crippen LogP) is -0.283. The van der Waals surface area contributed by atoms with E-state index in [0.717, 1.165) is 0 Å². The lowest BCUT2D eigenvalue weighted by Crippen LogP contribution is -2.15. The summed E-state index contributed by atoms with van der Waals surface area (Å²) in [4.78, 5) is 23.3. The molecular weight excluding hydrogens is 456 g/mol. The molecule has 0 atom stereocenters. The fourth-order valence-electron chi connectivity index (χ4n) is 2.32. The first-order chi connectivity index (χ1) is 16.7. The van der Waals surface area contributed by atoms with Gasteiger partial charge in [-0.25, -0.2) is 0 Å². The monoisotopic (exact) mass is 498 g/mol. The van der Waals surface area contributed by atoms with Gasteiger partial charge in [0.25, 0.3) is 0 Å². The SMILES string of the molecule is O=C(CCCCC(=O)OCCOCCOCCOCCO)OCCOCCOCCOCCO. The summed E-state index contributed by atoms with van der Waals surface area (Å²) in [7, 11) is 0. The number of unbranched alkanes of at least 4 members (excludes halogenated alkanes) is 1. The number of carbonyl (C=O) groups excluding carboxylic acids is 2. The van der Waals surface area contributed by atoms with Gasteiger partial charge in [-0.05, 0) is 12.8 Å². The van der Waals surface area contributed by atoms with E-state index in [1.54, 1.807) is 0 Å². The molecule has 0 saturated heterocycles. The summed E-state index contributed by atoms with van der Waals surface area (Å²) < 4.78 is 41.3. The second-order valence-corrected chi connectivity index (χ2v) is 6.77. The molecule has 0 aliphatic heterocycles. The number of carbonyl (C=O) groups is 2. The fraction of sp³-hybridized carbons (Fsp3) is 0.909. The Morgan fingerprint density at radius 3 is 0.971 bits per heavy atom. The molecule has 0 bridgehead atoms. The van der Waals surface area contributed by atoms with Gasteiger partial charge < -0.3 is 48.1 Å². The van der Waals surface area contributed by atoms with E-state index in [4.69, 9.17) is 48.1 Å². The Morgan fingerprint density at radius 2 is 0.676 bits per heavy atom. The molecule has 0 saturated carbocycles. The van der Waals surface area contributed by atoms with Crippen LogP contribution in [0.1, 0.15) is 25.7 Å². The van der Waals surface area contributed by atoms with Crippen molar-refractivity contribution in [3.8, 4) is 0 Å². The number of rotatable bonds is 27. The number of hydrogen-bond donors (Lipinski definition) is 2. The maximum Gasteiger partial charge on any atom is 0.305 e. The van der Waals surface area contributed by atoms with Crippen LogP contribution in [0, 0.1) is 0 Å². The highest BCUT2D eigenvalue weighted by molar-refractivity contribution is 5.70. The minimum Gasteiger partial charge on any atom is -0.463 e. The Labute approximate surface area is 201 Å². The van der Waals surface area contributed by atoms with Crippen LogP contribution in [0.2, 0.25) is 0 Å². The molecule has 0 unspecified atom stereocenters. The van der Waals surface area contributed by atoms with Crippen molar-refractivity contribution in [3.63, 3.8) is 0 Å². The summed E-state index contributed by atoms with van der Waals surface area (Å²) in [5.41, 5.74) is 0. The second-order valence-electron chi connectivity index (χ2n) is 6.77. The lowest BCUT2D eigenvalue weighted by atomic mass is 10.2. The molecule has 0 aromatic heterocycles. The van der Waals surface area contributed by atoms with E-state index in [9.17, 15) is 9.59 Å². The first-order valence-corrected chi connectivity index (χ1v) is 11.7. The standard InChI is InChI=1S/C22H42O12/c23-5-7-27-9-11-29-13-15-31-17-19-33-21(25)3-1-2-4-22(26)34-20-18-32-16-14-30-12-10-28-8-6-24/h23-24H,1-20H2. The molecule has 0 fully saturated rings. The molecule has 0 heterocycles. The number of aliphatic hydroxyl groups is 2.